The molecule has 0 unspecified atom stereocenters. The quantitative estimate of drug-likeness (QED) is 0.196. The molecule has 0 aliphatic carbocycles. The van der Waals surface area contributed by atoms with Gasteiger partial charge in [-0.1, -0.05) is 84.9 Å². The molecule has 0 N–H and O–H groups in total. The SMILES string of the molecule is COc1ccc(-c2nc(-n3c4ccccc4c4ccc5c(sc6c5c5ccccc5n6-c5ccccc5)c43)nc3ccccc23)cc1. The van der Waals surface area contributed by atoms with Gasteiger partial charge in [0.1, 0.15) is 10.6 Å². The summed E-state index contributed by atoms with van der Waals surface area (Å²) in [6.45, 7) is 0. The van der Waals surface area contributed by atoms with Crippen LogP contribution in [0.15, 0.2) is 140 Å². The number of methoxy groups -OCH3 is 1. The molecule has 0 aliphatic heterocycles. The molecule has 4 aromatic heterocycles. The Balaban J connectivity index is 1.35. The predicted octanol–water partition coefficient (Wildman–Crippen LogP) is 10.7. The summed E-state index contributed by atoms with van der Waals surface area (Å²) >= 11 is 1.84. The number of nitrogens with zero attached hydrogens (tertiary/aromatic N) is 4. The van der Waals surface area contributed by atoms with Crippen LogP contribution in [0.2, 0.25) is 0 Å². The number of para-hydroxylation sites is 4. The van der Waals surface area contributed by atoms with E-state index in [1.54, 1.807) is 7.11 Å². The van der Waals surface area contributed by atoms with Crippen molar-refractivity contribution in [3.63, 3.8) is 0 Å². The maximum absolute atomic E-state index is 5.46. The van der Waals surface area contributed by atoms with Gasteiger partial charge in [-0.05, 0) is 54.6 Å². The lowest BCUT2D eigenvalue weighted by atomic mass is 10.1. The molecule has 0 saturated heterocycles. The van der Waals surface area contributed by atoms with Crippen LogP contribution in [0.25, 0.3) is 86.8 Å². The highest BCUT2D eigenvalue weighted by Crippen LogP contribution is 2.47. The summed E-state index contributed by atoms with van der Waals surface area (Å²) in [5.74, 6) is 1.47. The first-order chi connectivity index (χ1) is 23.3. The van der Waals surface area contributed by atoms with Gasteiger partial charge in [-0.2, -0.15) is 0 Å². The lowest BCUT2D eigenvalue weighted by Gasteiger charge is -2.12. The molecule has 4 heterocycles. The average Bonchev–Trinajstić information content (AvgIpc) is 3.78. The number of ether oxygens (including phenoxy) is 1. The van der Waals surface area contributed by atoms with Crippen LogP contribution >= 0.6 is 11.3 Å². The minimum atomic E-state index is 0.655. The van der Waals surface area contributed by atoms with Crippen LogP contribution < -0.4 is 4.74 Å². The Bertz CT molecular complexity index is 2830. The van der Waals surface area contributed by atoms with Gasteiger partial charge in [-0.3, -0.25) is 4.57 Å². The number of fused-ring (bicyclic) bond motifs is 10. The average molecular weight is 623 g/mol. The van der Waals surface area contributed by atoms with Gasteiger partial charge in [0.15, 0.2) is 0 Å². The van der Waals surface area contributed by atoms with E-state index in [1.807, 2.05) is 35.6 Å². The molecule has 0 bridgehead atoms. The van der Waals surface area contributed by atoms with Gasteiger partial charge in [-0.25, -0.2) is 9.97 Å². The Morgan fingerprint density at radius 3 is 2.00 bits per heavy atom. The fraction of sp³-hybridized carbons (Fsp3) is 0.0244. The molecule has 6 heteroatoms. The normalized spacial score (nSPS) is 11.9. The molecule has 0 aliphatic rings. The molecule has 47 heavy (non-hydrogen) atoms. The lowest BCUT2D eigenvalue weighted by Crippen LogP contribution is -2.03. The smallest absolute Gasteiger partial charge is 0.235 e. The zero-order valence-electron chi connectivity index (χ0n) is 25.4. The summed E-state index contributed by atoms with van der Waals surface area (Å²) in [6, 6.07) is 49.0. The third-order valence-corrected chi connectivity index (χ3v) is 10.5. The van der Waals surface area contributed by atoms with Crippen molar-refractivity contribution in [2.75, 3.05) is 7.11 Å². The molecule has 0 saturated carbocycles. The van der Waals surface area contributed by atoms with Crippen molar-refractivity contribution >= 4 is 75.3 Å². The van der Waals surface area contributed by atoms with Gasteiger partial charge >= 0.3 is 0 Å². The summed E-state index contributed by atoms with van der Waals surface area (Å²) in [6.07, 6.45) is 0. The van der Waals surface area contributed by atoms with E-state index in [-0.39, 0.29) is 0 Å². The maximum atomic E-state index is 5.46. The van der Waals surface area contributed by atoms with E-state index >= 15 is 0 Å². The highest BCUT2D eigenvalue weighted by atomic mass is 32.1. The summed E-state index contributed by atoms with van der Waals surface area (Å²) in [4.78, 5) is 11.8. The third kappa shape index (κ3) is 3.76. The molecule has 222 valence electrons. The molecular weight excluding hydrogens is 597 g/mol. The van der Waals surface area contributed by atoms with Crippen molar-refractivity contribution in [2.24, 2.45) is 0 Å². The highest BCUT2D eigenvalue weighted by Gasteiger charge is 2.23. The van der Waals surface area contributed by atoms with Crippen LogP contribution in [-0.4, -0.2) is 26.2 Å². The van der Waals surface area contributed by atoms with Crippen molar-refractivity contribution in [2.45, 2.75) is 0 Å². The number of hydrogen-bond acceptors (Lipinski definition) is 4. The number of hydrogen-bond donors (Lipinski definition) is 0. The monoisotopic (exact) mass is 622 g/mol. The Morgan fingerprint density at radius 2 is 1.21 bits per heavy atom. The molecule has 0 atom stereocenters. The van der Waals surface area contributed by atoms with Gasteiger partial charge in [0.25, 0.3) is 0 Å². The molecular formula is C41H26N4OS. The van der Waals surface area contributed by atoms with Crippen LogP contribution in [0.5, 0.6) is 5.75 Å². The van der Waals surface area contributed by atoms with Gasteiger partial charge in [-0.15, -0.1) is 11.3 Å². The molecule has 10 aromatic rings. The van der Waals surface area contributed by atoms with Crippen molar-refractivity contribution in [1.82, 2.24) is 19.1 Å². The largest absolute Gasteiger partial charge is 0.497 e. The molecule has 0 spiro atoms. The Morgan fingerprint density at radius 1 is 0.553 bits per heavy atom. The molecule has 0 radical (unpaired) electrons. The molecule has 0 fully saturated rings. The van der Waals surface area contributed by atoms with E-state index in [2.05, 4.69) is 124 Å². The Hall–Kier alpha value is -5.98. The first kappa shape index (κ1) is 26.3. The lowest BCUT2D eigenvalue weighted by molar-refractivity contribution is 0.415. The van der Waals surface area contributed by atoms with Gasteiger partial charge in [0.2, 0.25) is 5.95 Å². The molecule has 6 aromatic carbocycles. The van der Waals surface area contributed by atoms with Crippen LogP contribution in [0.4, 0.5) is 0 Å². The maximum Gasteiger partial charge on any atom is 0.235 e. The number of benzene rings is 6. The van der Waals surface area contributed by atoms with E-state index in [0.29, 0.717) is 5.95 Å². The fourth-order valence-corrected chi connectivity index (χ4v) is 8.56. The van der Waals surface area contributed by atoms with Gasteiger partial charge in [0, 0.05) is 43.6 Å². The second kappa shape index (κ2) is 10.0. The van der Waals surface area contributed by atoms with Crippen LogP contribution in [0.3, 0.4) is 0 Å². The van der Waals surface area contributed by atoms with E-state index in [0.717, 1.165) is 44.6 Å². The Kier molecular flexibility index (Phi) is 5.59. The summed E-state index contributed by atoms with van der Waals surface area (Å²) in [7, 11) is 1.69. The highest BCUT2D eigenvalue weighted by molar-refractivity contribution is 7.26. The van der Waals surface area contributed by atoms with Gasteiger partial charge in [0.05, 0.1) is 39.6 Å². The zero-order valence-corrected chi connectivity index (χ0v) is 26.2. The number of thiophene rings is 1. The summed E-state index contributed by atoms with van der Waals surface area (Å²) < 4.78 is 11.4. The first-order valence-corrected chi connectivity index (χ1v) is 16.4. The Labute approximate surface area is 273 Å². The third-order valence-electron chi connectivity index (χ3n) is 9.26. The number of rotatable bonds is 4. The number of aromatic nitrogens is 4. The molecule has 5 nitrogen and oxygen atoms in total. The molecule has 0 amide bonds. The second-order valence-corrected chi connectivity index (χ2v) is 12.8. The van der Waals surface area contributed by atoms with Crippen LogP contribution in [-0.2, 0) is 0 Å². The van der Waals surface area contributed by atoms with E-state index in [1.165, 1.54) is 42.0 Å². The zero-order chi connectivity index (χ0) is 31.1. The molecule has 10 rings (SSSR count). The van der Waals surface area contributed by atoms with E-state index in [9.17, 15) is 0 Å². The van der Waals surface area contributed by atoms with Crippen molar-refractivity contribution in [3.8, 4) is 28.6 Å². The van der Waals surface area contributed by atoms with E-state index < -0.39 is 0 Å². The van der Waals surface area contributed by atoms with Crippen LogP contribution in [0, 0.1) is 0 Å². The first-order valence-electron chi connectivity index (χ1n) is 15.6. The minimum Gasteiger partial charge on any atom is -0.497 e. The van der Waals surface area contributed by atoms with E-state index in [4.69, 9.17) is 14.7 Å². The van der Waals surface area contributed by atoms with Crippen molar-refractivity contribution in [1.29, 1.82) is 0 Å². The summed E-state index contributed by atoms with van der Waals surface area (Å²) in [5.41, 5.74) is 7.39. The van der Waals surface area contributed by atoms with Crippen molar-refractivity contribution < 1.29 is 4.74 Å². The minimum absolute atomic E-state index is 0.655. The standard InChI is InChI=1S/C41H26N4OS/c1-46-27-21-19-25(20-22-27)37-30-14-5-8-16-33(30)42-41(43-37)45-34-17-9-6-13-28(34)29-23-24-32-36-31-15-7-10-18-35(31)44(26-11-3-2-4-12-26)40(36)47-39(32)38(29)45/h2-24H,1H3. The van der Waals surface area contributed by atoms with Gasteiger partial charge < -0.3 is 9.30 Å². The summed E-state index contributed by atoms with van der Waals surface area (Å²) in [5, 5.41) is 7.15. The van der Waals surface area contributed by atoms with Crippen LogP contribution in [0.1, 0.15) is 0 Å². The van der Waals surface area contributed by atoms with Crippen molar-refractivity contribution in [3.05, 3.63) is 140 Å². The predicted molar refractivity (Wildman–Crippen MR) is 196 cm³/mol. The second-order valence-electron chi connectivity index (χ2n) is 11.8. The topological polar surface area (TPSA) is 44.9 Å². The fourth-order valence-electron chi connectivity index (χ4n) is 7.17.